The van der Waals surface area contributed by atoms with Crippen LogP contribution >= 0.6 is 11.6 Å². The molecule has 0 aliphatic heterocycles. The average Bonchev–Trinajstić information content (AvgIpc) is 2.25. The number of rotatable bonds is 4. The minimum Gasteiger partial charge on any atom is -0.478 e. The number of ether oxygens (including phenoxy) is 1. The molecule has 100 valence electrons. The molecular weight excluding hydrogens is 256 g/mol. The summed E-state index contributed by atoms with van der Waals surface area (Å²) < 4.78 is 5.31. The molecule has 2 unspecified atom stereocenters. The van der Waals surface area contributed by atoms with Gasteiger partial charge in [-0.25, -0.2) is 4.79 Å². The Bertz CT molecular complexity index is 408. The third kappa shape index (κ3) is 3.89. The molecule has 0 aromatic heterocycles. The summed E-state index contributed by atoms with van der Waals surface area (Å²) in [6.45, 7) is 5.25. The molecule has 0 bridgehead atoms. The molecule has 0 saturated carbocycles. The smallest absolute Gasteiger partial charge is 0.347 e. The minimum atomic E-state index is -1.31. The second-order valence-corrected chi connectivity index (χ2v) is 5.58. The molecule has 0 heterocycles. The van der Waals surface area contributed by atoms with Gasteiger partial charge in [0.05, 0.1) is 0 Å². The van der Waals surface area contributed by atoms with Crippen LogP contribution in [0, 0.1) is 5.41 Å². The highest BCUT2D eigenvalue weighted by atomic mass is 35.5. The third-order valence-electron chi connectivity index (χ3n) is 2.49. The van der Waals surface area contributed by atoms with E-state index >= 15 is 0 Å². The van der Waals surface area contributed by atoms with E-state index in [0.717, 1.165) is 0 Å². The van der Waals surface area contributed by atoms with Crippen molar-refractivity contribution < 1.29 is 19.7 Å². The summed E-state index contributed by atoms with van der Waals surface area (Å²) in [7, 11) is 0. The molecular formula is C13H17ClO4. The summed E-state index contributed by atoms with van der Waals surface area (Å²) in [6, 6.07) is 6.32. The number of benzene rings is 1. The van der Waals surface area contributed by atoms with Crippen LogP contribution in [-0.4, -0.2) is 28.4 Å². The van der Waals surface area contributed by atoms with E-state index in [4.69, 9.17) is 21.4 Å². The van der Waals surface area contributed by atoms with Gasteiger partial charge in [0.15, 0.2) is 0 Å². The van der Waals surface area contributed by atoms with Crippen LogP contribution in [-0.2, 0) is 4.79 Å². The fourth-order valence-corrected chi connectivity index (χ4v) is 1.49. The number of aliphatic hydroxyl groups is 1. The Kier molecular flexibility index (Phi) is 4.59. The van der Waals surface area contributed by atoms with E-state index in [0.29, 0.717) is 10.8 Å². The van der Waals surface area contributed by atoms with Gasteiger partial charge in [-0.2, -0.15) is 0 Å². The van der Waals surface area contributed by atoms with Crippen molar-refractivity contribution in [2.45, 2.75) is 33.0 Å². The van der Waals surface area contributed by atoms with E-state index in [2.05, 4.69) is 0 Å². The second kappa shape index (κ2) is 5.59. The number of carboxylic acid groups (broad SMARTS) is 1. The van der Waals surface area contributed by atoms with E-state index in [1.807, 2.05) is 0 Å². The van der Waals surface area contributed by atoms with Crippen molar-refractivity contribution in [2.24, 2.45) is 5.41 Å². The Morgan fingerprint density at radius 1 is 1.28 bits per heavy atom. The van der Waals surface area contributed by atoms with Gasteiger partial charge < -0.3 is 14.9 Å². The molecule has 5 heteroatoms. The lowest BCUT2D eigenvalue weighted by atomic mass is 9.86. The van der Waals surface area contributed by atoms with Crippen molar-refractivity contribution in [3.8, 4) is 5.75 Å². The molecule has 0 amide bonds. The zero-order valence-corrected chi connectivity index (χ0v) is 11.3. The third-order valence-corrected chi connectivity index (χ3v) is 2.75. The normalized spacial score (nSPS) is 14.9. The largest absolute Gasteiger partial charge is 0.478 e. The van der Waals surface area contributed by atoms with E-state index in [1.165, 1.54) is 0 Å². The highest BCUT2D eigenvalue weighted by Gasteiger charge is 2.37. The monoisotopic (exact) mass is 272 g/mol. The number of aliphatic hydroxyl groups excluding tert-OH is 1. The summed E-state index contributed by atoms with van der Waals surface area (Å²) in [5.74, 6) is -0.845. The summed E-state index contributed by atoms with van der Waals surface area (Å²) in [4.78, 5) is 11.1. The quantitative estimate of drug-likeness (QED) is 0.884. The standard InChI is InChI=1S/C13H17ClO4/c1-13(2,3)11(15)10(12(16)17)18-9-6-4-8(14)5-7-9/h4-7,10-11,15H,1-3H3,(H,16,17). The van der Waals surface area contributed by atoms with E-state index in [9.17, 15) is 9.90 Å². The molecule has 2 atom stereocenters. The van der Waals surface area contributed by atoms with Crippen LogP contribution in [0.2, 0.25) is 5.02 Å². The number of hydrogen-bond acceptors (Lipinski definition) is 3. The van der Waals surface area contributed by atoms with E-state index < -0.39 is 23.6 Å². The first-order valence-electron chi connectivity index (χ1n) is 5.55. The Balaban J connectivity index is 2.88. The van der Waals surface area contributed by atoms with Crippen molar-refractivity contribution in [3.63, 3.8) is 0 Å². The molecule has 18 heavy (non-hydrogen) atoms. The predicted octanol–water partition coefficient (Wildman–Crippen LogP) is 2.58. The molecule has 0 fully saturated rings. The van der Waals surface area contributed by atoms with Crippen molar-refractivity contribution in [2.75, 3.05) is 0 Å². The van der Waals surface area contributed by atoms with Gasteiger partial charge in [-0.1, -0.05) is 32.4 Å². The van der Waals surface area contributed by atoms with Gasteiger partial charge >= 0.3 is 5.97 Å². The topological polar surface area (TPSA) is 66.8 Å². The first kappa shape index (κ1) is 14.8. The Morgan fingerprint density at radius 3 is 2.17 bits per heavy atom. The molecule has 1 aromatic carbocycles. The molecule has 0 aliphatic rings. The highest BCUT2D eigenvalue weighted by molar-refractivity contribution is 6.30. The van der Waals surface area contributed by atoms with Crippen molar-refractivity contribution in [1.29, 1.82) is 0 Å². The SMILES string of the molecule is CC(C)(C)C(O)C(Oc1ccc(Cl)cc1)C(=O)O. The molecule has 0 aliphatic carbocycles. The van der Waals surface area contributed by atoms with Gasteiger partial charge in [0.2, 0.25) is 6.10 Å². The number of halogens is 1. The number of carbonyl (C=O) groups is 1. The van der Waals surface area contributed by atoms with Crippen LogP contribution in [0.15, 0.2) is 24.3 Å². The van der Waals surface area contributed by atoms with Gasteiger partial charge in [0, 0.05) is 5.02 Å². The highest BCUT2D eigenvalue weighted by Crippen LogP contribution is 2.25. The number of aliphatic carboxylic acids is 1. The maximum atomic E-state index is 11.1. The number of hydrogen-bond donors (Lipinski definition) is 2. The fraction of sp³-hybridized carbons (Fsp3) is 0.462. The Hall–Kier alpha value is -1.26. The summed E-state index contributed by atoms with van der Waals surface area (Å²) in [5, 5.41) is 19.6. The zero-order valence-electron chi connectivity index (χ0n) is 10.6. The van der Waals surface area contributed by atoms with Gasteiger partial charge in [-0.3, -0.25) is 0 Å². The Morgan fingerprint density at radius 2 is 1.78 bits per heavy atom. The Labute approximate surface area is 111 Å². The zero-order chi connectivity index (χ0) is 13.9. The van der Waals surface area contributed by atoms with Gasteiger partial charge in [-0.05, 0) is 29.7 Å². The lowest BCUT2D eigenvalue weighted by molar-refractivity contribution is -0.154. The molecule has 0 spiro atoms. The molecule has 0 saturated heterocycles. The van der Waals surface area contributed by atoms with Gasteiger partial charge in [-0.15, -0.1) is 0 Å². The van der Waals surface area contributed by atoms with Crippen LogP contribution < -0.4 is 4.74 Å². The van der Waals surface area contributed by atoms with Gasteiger partial charge in [0.25, 0.3) is 0 Å². The second-order valence-electron chi connectivity index (χ2n) is 5.14. The summed E-state index contributed by atoms with van der Waals surface area (Å²) in [6.07, 6.45) is -2.43. The predicted molar refractivity (Wildman–Crippen MR) is 69.0 cm³/mol. The molecule has 1 aromatic rings. The fourth-order valence-electron chi connectivity index (χ4n) is 1.36. The molecule has 0 radical (unpaired) electrons. The van der Waals surface area contributed by atoms with Crippen LogP contribution in [0.5, 0.6) is 5.75 Å². The van der Waals surface area contributed by atoms with Crippen LogP contribution in [0.25, 0.3) is 0 Å². The van der Waals surface area contributed by atoms with Crippen LogP contribution in [0.3, 0.4) is 0 Å². The van der Waals surface area contributed by atoms with Crippen LogP contribution in [0.4, 0.5) is 0 Å². The van der Waals surface area contributed by atoms with Gasteiger partial charge in [0.1, 0.15) is 11.9 Å². The first-order valence-corrected chi connectivity index (χ1v) is 5.92. The maximum Gasteiger partial charge on any atom is 0.347 e. The number of carboxylic acids is 1. The first-order chi connectivity index (χ1) is 8.21. The summed E-state index contributed by atoms with van der Waals surface area (Å²) >= 11 is 5.72. The lowest BCUT2D eigenvalue weighted by Gasteiger charge is -2.30. The van der Waals surface area contributed by atoms with E-state index in [1.54, 1.807) is 45.0 Å². The van der Waals surface area contributed by atoms with Crippen molar-refractivity contribution in [1.82, 2.24) is 0 Å². The minimum absolute atomic E-state index is 0.357. The maximum absolute atomic E-state index is 11.1. The lowest BCUT2D eigenvalue weighted by Crippen LogP contribution is -2.46. The van der Waals surface area contributed by atoms with E-state index in [-0.39, 0.29) is 0 Å². The molecule has 1 rings (SSSR count). The van der Waals surface area contributed by atoms with Crippen molar-refractivity contribution in [3.05, 3.63) is 29.3 Å². The molecule has 2 N–H and O–H groups in total. The van der Waals surface area contributed by atoms with Crippen LogP contribution in [0.1, 0.15) is 20.8 Å². The average molecular weight is 273 g/mol. The molecule has 4 nitrogen and oxygen atoms in total. The van der Waals surface area contributed by atoms with Crippen molar-refractivity contribution >= 4 is 17.6 Å². The summed E-state index contributed by atoms with van der Waals surface area (Å²) in [5.41, 5.74) is -0.588.